The highest BCUT2D eigenvalue weighted by Gasteiger charge is 2.56. The van der Waals surface area contributed by atoms with Gasteiger partial charge in [0.05, 0.1) is 6.61 Å². The fourth-order valence-electron chi connectivity index (χ4n) is 3.13. The van der Waals surface area contributed by atoms with Crippen LogP contribution < -0.4 is 0 Å². The molecular weight excluding hydrogens is 512 g/mol. The standard InChI is InChI=1S/C26H55FO6Si3/c1-18(28)30-20-19(17-29-34(11,12)24(2,3)4)31-23(27)22(33-36(15,16)26(8,9)10)21(20)32-35(13,14)25(5,6)7/h19-23H,17H2,1-16H3/t19-,20-,21+,22-,23+/m1/s1. The molecule has 0 radical (unpaired) electrons. The number of alkyl halides is 1. The summed E-state index contributed by atoms with van der Waals surface area (Å²) in [5.41, 5.74) is 0. The summed E-state index contributed by atoms with van der Waals surface area (Å²) in [5.74, 6) is -0.465. The minimum atomic E-state index is -2.41. The molecule has 0 aromatic carbocycles. The van der Waals surface area contributed by atoms with Gasteiger partial charge in [0.1, 0.15) is 18.3 Å². The molecule has 0 unspecified atom stereocenters. The largest absolute Gasteiger partial charge is 0.457 e. The lowest BCUT2D eigenvalue weighted by Crippen LogP contribution is -2.66. The number of halogens is 1. The highest BCUT2D eigenvalue weighted by atomic mass is 28.4. The van der Waals surface area contributed by atoms with Crippen LogP contribution in [-0.2, 0) is 27.5 Å². The molecule has 1 aliphatic heterocycles. The molecule has 10 heteroatoms. The Morgan fingerprint density at radius 3 is 1.47 bits per heavy atom. The average Bonchev–Trinajstić information content (AvgIpc) is 2.62. The summed E-state index contributed by atoms with van der Waals surface area (Å²) in [6.45, 7) is 33.3. The van der Waals surface area contributed by atoms with Crippen molar-refractivity contribution in [2.75, 3.05) is 6.61 Å². The van der Waals surface area contributed by atoms with Crippen LogP contribution in [0.2, 0.25) is 54.4 Å². The normalized spacial score (nSPS) is 27.2. The summed E-state index contributed by atoms with van der Waals surface area (Å²) in [6, 6.07) is 0. The molecule has 1 aliphatic rings. The van der Waals surface area contributed by atoms with E-state index in [9.17, 15) is 4.79 Å². The fraction of sp³-hybridized carbons (Fsp3) is 0.962. The van der Waals surface area contributed by atoms with Crippen LogP contribution in [0.4, 0.5) is 4.39 Å². The Bertz CT molecular complexity index is 752. The second-order valence-electron chi connectivity index (χ2n) is 14.9. The van der Waals surface area contributed by atoms with Crippen LogP contribution in [0.5, 0.6) is 0 Å². The quantitative estimate of drug-likeness (QED) is 0.225. The van der Waals surface area contributed by atoms with Crippen molar-refractivity contribution in [3.05, 3.63) is 0 Å². The van der Waals surface area contributed by atoms with E-state index in [1.165, 1.54) is 6.92 Å². The predicted molar refractivity (Wildman–Crippen MR) is 153 cm³/mol. The van der Waals surface area contributed by atoms with Crippen LogP contribution in [0.25, 0.3) is 0 Å². The molecule has 0 amide bonds. The van der Waals surface area contributed by atoms with Crippen LogP contribution in [-0.4, -0.2) is 68.3 Å². The van der Waals surface area contributed by atoms with E-state index in [2.05, 4.69) is 102 Å². The van der Waals surface area contributed by atoms with Crippen molar-refractivity contribution in [3.8, 4) is 0 Å². The summed E-state index contributed by atoms with van der Waals surface area (Å²) in [7, 11) is -6.98. The molecule has 0 spiro atoms. The number of carbonyl (C=O) groups is 1. The van der Waals surface area contributed by atoms with Crippen molar-refractivity contribution in [2.45, 2.75) is 154 Å². The van der Waals surface area contributed by atoms with Gasteiger partial charge >= 0.3 is 5.97 Å². The summed E-state index contributed by atoms with van der Waals surface area (Å²) >= 11 is 0. The lowest BCUT2D eigenvalue weighted by Gasteiger charge is -2.51. The Labute approximate surface area is 223 Å². The summed E-state index contributed by atoms with van der Waals surface area (Å²) in [4.78, 5) is 12.3. The van der Waals surface area contributed by atoms with Gasteiger partial charge in [-0.2, -0.15) is 0 Å². The molecule has 214 valence electrons. The molecule has 1 rings (SSSR count). The predicted octanol–water partition coefficient (Wildman–Crippen LogP) is 7.42. The molecule has 1 heterocycles. The Balaban J connectivity index is 3.52. The van der Waals surface area contributed by atoms with Crippen LogP contribution >= 0.6 is 0 Å². The van der Waals surface area contributed by atoms with Crippen molar-refractivity contribution < 1.29 is 31.9 Å². The molecule has 0 N–H and O–H groups in total. The average molecular weight is 567 g/mol. The van der Waals surface area contributed by atoms with Gasteiger partial charge in [-0.1, -0.05) is 62.3 Å². The first kappa shape index (κ1) is 33.9. The monoisotopic (exact) mass is 566 g/mol. The van der Waals surface area contributed by atoms with Gasteiger partial charge in [0.2, 0.25) is 6.36 Å². The first-order chi connectivity index (χ1) is 15.7. The van der Waals surface area contributed by atoms with Gasteiger partial charge in [-0.05, 0) is 54.4 Å². The zero-order valence-electron chi connectivity index (χ0n) is 25.9. The molecule has 0 saturated carbocycles. The van der Waals surface area contributed by atoms with E-state index in [-0.39, 0.29) is 21.7 Å². The third kappa shape index (κ3) is 8.19. The van der Waals surface area contributed by atoms with E-state index in [4.69, 9.17) is 22.8 Å². The maximum atomic E-state index is 15.9. The lowest BCUT2D eigenvalue weighted by atomic mass is 9.99. The molecule has 1 fully saturated rings. The molecule has 36 heavy (non-hydrogen) atoms. The second kappa shape index (κ2) is 11.2. The number of carbonyl (C=O) groups excluding carboxylic acids is 1. The minimum absolute atomic E-state index is 0.0290. The van der Waals surface area contributed by atoms with Gasteiger partial charge in [-0.15, -0.1) is 0 Å². The highest BCUT2D eigenvalue weighted by Crippen LogP contribution is 2.44. The fourth-order valence-corrected chi connectivity index (χ4v) is 6.73. The third-order valence-electron chi connectivity index (χ3n) is 8.77. The van der Waals surface area contributed by atoms with Crippen molar-refractivity contribution in [1.29, 1.82) is 0 Å². The highest BCUT2D eigenvalue weighted by molar-refractivity contribution is 6.75. The number of esters is 1. The van der Waals surface area contributed by atoms with Gasteiger partial charge in [-0.3, -0.25) is 4.79 Å². The van der Waals surface area contributed by atoms with Crippen molar-refractivity contribution in [2.24, 2.45) is 0 Å². The first-order valence-electron chi connectivity index (χ1n) is 13.2. The van der Waals surface area contributed by atoms with Crippen LogP contribution in [0.3, 0.4) is 0 Å². The van der Waals surface area contributed by atoms with Crippen molar-refractivity contribution in [1.82, 2.24) is 0 Å². The van der Waals surface area contributed by atoms with E-state index in [1.54, 1.807) is 0 Å². The Morgan fingerprint density at radius 2 is 1.11 bits per heavy atom. The van der Waals surface area contributed by atoms with E-state index >= 15 is 4.39 Å². The zero-order valence-corrected chi connectivity index (χ0v) is 28.9. The topological polar surface area (TPSA) is 63.2 Å². The zero-order chi connectivity index (χ0) is 28.7. The van der Waals surface area contributed by atoms with E-state index in [0.717, 1.165) is 0 Å². The number of rotatable bonds is 8. The Morgan fingerprint density at radius 1 is 0.722 bits per heavy atom. The van der Waals surface area contributed by atoms with Crippen LogP contribution in [0.1, 0.15) is 69.2 Å². The van der Waals surface area contributed by atoms with Gasteiger partial charge < -0.3 is 22.8 Å². The van der Waals surface area contributed by atoms with Crippen molar-refractivity contribution in [3.63, 3.8) is 0 Å². The third-order valence-corrected chi connectivity index (χ3v) is 22.2. The van der Waals surface area contributed by atoms with E-state index in [1.807, 2.05) is 0 Å². The summed E-state index contributed by atoms with van der Waals surface area (Å²) in [6.07, 6.45) is -5.18. The second-order valence-corrected chi connectivity index (χ2v) is 29.2. The summed E-state index contributed by atoms with van der Waals surface area (Å²) < 4.78 is 47.5. The molecular formula is C26H55FO6Si3. The Kier molecular flexibility index (Phi) is 10.5. The van der Waals surface area contributed by atoms with E-state index in [0.29, 0.717) is 0 Å². The summed E-state index contributed by atoms with van der Waals surface area (Å²) in [5, 5.41) is -0.307. The van der Waals surface area contributed by atoms with Crippen molar-refractivity contribution >= 4 is 30.9 Å². The molecule has 0 aliphatic carbocycles. The minimum Gasteiger partial charge on any atom is -0.457 e. The van der Waals surface area contributed by atoms with Gasteiger partial charge in [-0.25, -0.2) is 4.39 Å². The number of ether oxygens (including phenoxy) is 2. The lowest BCUT2D eigenvalue weighted by molar-refractivity contribution is -0.260. The number of hydrogen-bond acceptors (Lipinski definition) is 6. The maximum absolute atomic E-state index is 15.9. The Hall–Kier alpha value is -0.109. The van der Waals surface area contributed by atoms with E-state index < -0.39 is 61.7 Å². The van der Waals surface area contributed by atoms with Gasteiger partial charge in [0, 0.05) is 6.92 Å². The molecule has 1 saturated heterocycles. The smallest absolute Gasteiger partial charge is 0.303 e. The SMILES string of the molecule is CC(=O)O[C@H]1[C@H](O[Si](C)(C)C(C)(C)C)[C@@H](O[Si](C)(C)C(C)(C)C)[C@@H](F)O[C@@H]1CO[Si](C)(C)C(C)(C)C. The molecule has 0 aromatic heterocycles. The molecule has 5 atom stereocenters. The molecule has 0 bridgehead atoms. The van der Waals surface area contributed by atoms with Gasteiger partial charge in [0.15, 0.2) is 31.1 Å². The van der Waals surface area contributed by atoms with Crippen LogP contribution in [0, 0.1) is 0 Å². The maximum Gasteiger partial charge on any atom is 0.303 e. The first-order valence-corrected chi connectivity index (χ1v) is 21.9. The molecule has 6 nitrogen and oxygen atoms in total. The van der Waals surface area contributed by atoms with Crippen LogP contribution in [0.15, 0.2) is 0 Å². The van der Waals surface area contributed by atoms with Gasteiger partial charge in [0.25, 0.3) is 0 Å². The molecule has 0 aromatic rings. The number of hydrogen-bond donors (Lipinski definition) is 0.